The van der Waals surface area contributed by atoms with E-state index in [2.05, 4.69) is 5.32 Å². The molecule has 164 valence electrons. The third-order valence-corrected chi connectivity index (χ3v) is 6.75. The summed E-state index contributed by atoms with van der Waals surface area (Å²) in [5.74, 6) is 2.08. The molecule has 6 nitrogen and oxygen atoms in total. The van der Waals surface area contributed by atoms with Crippen molar-refractivity contribution in [1.82, 2.24) is 10.2 Å². The van der Waals surface area contributed by atoms with Crippen molar-refractivity contribution in [2.24, 2.45) is 11.8 Å². The molecule has 0 radical (unpaired) electrons. The standard InChI is InChI=1S/C24H34N2O4/c1-16(19-9-10-21(22(15-19)29-2)30-20-5-3-4-6-20)25-23(27)17-11-13-26(14-12-17)24(28)18-7-8-18/h9-10,15-18,20H,3-8,11-14H2,1-2H3,(H,25,27)/t16-/m1/s1. The van der Waals surface area contributed by atoms with Gasteiger partial charge < -0.3 is 19.7 Å². The van der Waals surface area contributed by atoms with Gasteiger partial charge in [-0.3, -0.25) is 9.59 Å². The Labute approximate surface area is 179 Å². The van der Waals surface area contributed by atoms with Gasteiger partial charge in [-0.05, 0) is 76.0 Å². The van der Waals surface area contributed by atoms with Gasteiger partial charge in [-0.15, -0.1) is 0 Å². The first-order valence-electron chi connectivity index (χ1n) is 11.5. The topological polar surface area (TPSA) is 67.9 Å². The highest BCUT2D eigenvalue weighted by molar-refractivity contribution is 5.82. The molecule has 1 atom stereocenters. The Bertz CT molecular complexity index is 762. The van der Waals surface area contributed by atoms with Crippen LogP contribution in [-0.4, -0.2) is 43.0 Å². The molecule has 1 aromatic carbocycles. The fraction of sp³-hybridized carbons (Fsp3) is 0.667. The van der Waals surface area contributed by atoms with E-state index in [1.807, 2.05) is 30.0 Å². The number of carbonyl (C=O) groups excluding carboxylic acids is 2. The van der Waals surface area contributed by atoms with Gasteiger partial charge in [0.05, 0.1) is 19.3 Å². The van der Waals surface area contributed by atoms with Crippen LogP contribution in [0.3, 0.4) is 0 Å². The first-order valence-corrected chi connectivity index (χ1v) is 11.5. The number of piperidine rings is 1. The Morgan fingerprint density at radius 3 is 2.33 bits per heavy atom. The number of benzene rings is 1. The highest BCUT2D eigenvalue weighted by atomic mass is 16.5. The maximum absolute atomic E-state index is 12.8. The maximum Gasteiger partial charge on any atom is 0.225 e. The number of hydrogen-bond acceptors (Lipinski definition) is 4. The summed E-state index contributed by atoms with van der Waals surface area (Å²) in [4.78, 5) is 26.9. The van der Waals surface area contributed by atoms with Crippen molar-refractivity contribution in [3.05, 3.63) is 23.8 Å². The molecule has 0 unspecified atom stereocenters. The van der Waals surface area contributed by atoms with E-state index in [4.69, 9.17) is 9.47 Å². The average Bonchev–Trinajstić information content (AvgIpc) is 3.50. The van der Waals surface area contributed by atoms with Gasteiger partial charge >= 0.3 is 0 Å². The number of amides is 2. The van der Waals surface area contributed by atoms with Crippen molar-refractivity contribution < 1.29 is 19.1 Å². The largest absolute Gasteiger partial charge is 0.493 e. The second-order valence-corrected chi connectivity index (χ2v) is 9.04. The average molecular weight is 415 g/mol. The lowest BCUT2D eigenvalue weighted by atomic mass is 9.95. The highest BCUT2D eigenvalue weighted by Crippen LogP contribution is 2.34. The summed E-state index contributed by atoms with van der Waals surface area (Å²) in [6.07, 6.45) is 8.48. The van der Waals surface area contributed by atoms with E-state index in [1.165, 1.54) is 12.8 Å². The second kappa shape index (κ2) is 9.27. The number of rotatable bonds is 7. The number of methoxy groups -OCH3 is 1. The lowest BCUT2D eigenvalue weighted by Crippen LogP contribution is -2.44. The van der Waals surface area contributed by atoms with Gasteiger partial charge in [-0.2, -0.15) is 0 Å². The van der Waals surface area contributed by atoms with Crippen molar-refractivity contribution in [3.63, 3.8) is 0 Å². The van der Waals surface area contributed by atoms with Gasteiger partial charge in [0.25, 0.3) is 0 Å². The first-order chi connectivity index (χ1) is 14.5. The molecule has 3 fully saturated rings. The Morgan fingerprint density at radius 1 is 1.00 bits per heavy atom. The van der Waals surface area contributed by atoms with Crippen molar-refractivity contribution in [3.8, 4) is 11.5 Å². The van der Waals surface area contributed by atoms with Gasteiger partial charge in [-0.1, -0.05) is 6.07 Å². The van der Waals surface area contributed by atoms with Crippen LogP contribution in [0.1, 0.15) is 69.9 Å². The Balaban J connectivity index is 1.31. The third-order valence-electron chi connectivity index (χ3n) is 6.75. The van der Waals surface area contributed by atoms with Gasteiger partial charge in [0.2, 0.25) is 11.8 Å². The van der Waals surface area contributed by atoms with E-state index in [-0.39, 0.29) is 35.8 Å². The van der Waals surface area contributed by atoms with Crippen LogP contribution < -0.4 is 14.8 Å². The van der Waals surface area contributed by atoms with E-state index in [0.29, 0.717) is 18.8 Å². The first kappa shape index (κ1) is 21.0. The molecule has 6 heteroatoms. The molecule has 2 amide bonds. The Kier molecular flexibility index (Phi) is 6.49. The summed E-state index contributed by atoms with van der Waals surface area (Å²) in [5, 5.41) is 3.15. The molecule has 4 rings (SSSR count). The third kappa shape index (κ3) is 4.90. The molecule has 30 heavy (non-hydrogen) atoms. The summed E-state index contributed by atoms with van der Waals surface area (Å²) in [5.41, 5.74) is 1.00. The predicted octanol–water partition coefficient (Wildman–Crippen LogP) is 3.84. The Morgan fingerprint density at radius 2 is 1.70 bits per heavy atom. The summed E-state index contributed by atoms with van der Waals surface area (Å²) in [7, 11) is 1.65. The fourth-order valence-corrected chi connectivity index (χ4v) is 4.60. The maximum atomic E-state index is 12.8. The number of ether oxygens (including phenoxy) is 2. The highest BCUT2D eigenvalue weighted by Gasteiger charge is 2.36. The molecule has 3 aliphatic rings. The van der Waals surface area contributed by atoms with E-state index in [0.717, 1.165) is 49.8 Å². The molecule has 2 aliphatic carbocycles. The second-order valence-electron chi connectivity index (χ2n) is 9.04. The number of hydrogen-bond donors (Lipinski definition) is 1. The van der Waals surface area contributed by atoms with Crippen LogP contribution in [-0.2, 0) is 9.59 Å². The van der Waals surface area contributed by atoms with Crippen molar-refractivity contribution >= 4 is 11.8 Å². The summed E-state index contributed by atoms with van der Waals surface area (Å²) in [6.45, 7) is 3.39. The molecule has 2 saturated carbocycles. The van der Waals surface area contributed by atoms with Gasteiger partial charge in [-0.25, -0.2) is 0 Å². The minimum Gasteiger partial charge on any atom is -0.493 e. The zero-order valence-corrected chi connectivity index (χ0v) is 18.2. The molecule has 1 N–H and O–H groups in total. The smallest absolute Gasteiger partial charge is 0.225 e. The molecule has 1 aromatic rings. The number of likely N-dealkylation sites (tertiary alicyclic amines) is 1. The molecular weight excluding hydrogens is 380 g/mol. The Hall–Kier alpha value is -2.24. The lowest BCUT2D eigenvalue weighted by Gasteiger charge is -2.32. The van der Waals surface area contributed by atoms with Crippen LogP contribution in [0.2, 0.25) is 0 Å². The van der Waals surface area contributed by atoms with Crippen LogP contribution in [0.5, 0.6) is 11.5 Å². The molecular formula is C24H34N2O4. The SMILES string of the molecule is COc1cc([C@@H](C)NC(=O)C2CCN(C(=O)C3CC3)CC2)ccc1OC1CCCC1. The lowest BCUT2D eigenvalue weighted by molar-refractivity contribution is -0.136. The van der Waals surface area contributed by atoms with E-state index >= 15 is 0 Å². The minimum atomic E-state index is -0.113. The van der Waals surface area contributed by atoms with Crippen LogP contribution in [0.4, 0.5) is 0 Å². The zero-order valence-electron chi connectivity index (χ0n) is 18.2. The number of carbonyl (C=O) groups is 2. The summed E-state index contributed by atoms with van der Waals surface area (Å²) < 4.78 is 11.7. The molecule has 1 heterocycles. The molecule has 0 spiro atoms. The molecule has 1 saturated heterocycles. The summed E-state index contributed by atoms with van der Waals surface area (Å²) >= 11 is 0. The van der Waals surface area contributed by atoms with Gasteiger partial charge in [0.1, 0.15) is 0 Å². The van der Waals surface area contributed by atoms with Gasteiger partial charge in [0, 0.05) is 24.9 Å². The molecule has 1 aliphatic heterocycles. The van der Waals surface area contributed by atoms with Crippen molar-refractivity contribution in [1.29, 1.82) is 0 Å². The van der Waals surface area contributed by atoms with E-state index < -0.39 is 0 Å². The van der Waals surface area contributed by atoms with E-state index in [1.54, 1.807) is 7.11 Å². The van der Waals surface area contributed by atoms with Crippen LogP contribution in [0.25, 0.3) is 0 Å². The monoisotopic (exact) mass is 414 g/mol. The number of nitrogens with one attached hydrogen (secondary N) is 1. The zero-order chi connectivity index (χ0) is 21.1. The quantitative estimate of drug-likeness (QED) is 0.736. The minimum absolute atomic E-state index is 0.0254. The van der Waals surface area contributed by atoms with Crippen molar-refractivity contribution in [2.45, 2.75) is 70.4 Å². The van der Waals surface area contributed by atoms with Crippen molar-refractivity contribution in [2.75, 3.05) is 20.2 Å². The predicted molar refractivity (Wildman–Crippen MR) is 114 cm³/mol. The summed E-state index contributed by atoms with van der Waals surface area (Å²) in [6, 6.07) is 5.82. The number of nitrogens with zero attached hydrogens (tertiary/aromatic N) is 1. The van der Waals surface area contributed by atoms with Crippen LogP contribution in [0.15, 0.2) is 18.2 Å². The normalized spacial score (nSPS) is 21.3. The van der Waals surface area contributed by atoms with Crippen LogP contribution >= 0.6 is 0 Å². The fourth-order valence-electron chi connectivity index (χ4n) is 4.60. The molecule has 0 bridgehead atoms. The molecule has 0 aromatic heterocycles. The van der Waals surface area contributed by atoms with Gasteiger partial charge in [0.15, 0.2) is 11.5 Å². The van der Waals surface area contributed by atoms with E-state index in [9.17, 15) is 9.59 Å². The van der Waals surface area contributed by atoms with Crippen LogP contribution in [0, 0.1) is 11.8 Å².